The minimum atomic E-state index is -1.07. The number of esters is 1. The van der Waals surface area contributed by atoms with E-state index in [1.807, 2.05) is 0 Å². The lowest BCUT2D eigenvalue weighted by Crippen LogP contribution is -2.30. The van der Waals surface area contributed by atoms with Crippen molar-refractivity contribution in [1.82, 2.24) is 0 Å². The van der Waals surface area contributed by atoms with Gasteiger partial charge >= 0.3 is 5.97 Å². The summed E-state index contributed by atoms with van der Waals surface area (Å²) in [4.78, 5) is 35.9. The summed E-state index contributed by atoms with van der Waals surface area (Å²) in [5, 5.41) is 3.33. The van der Waals surface area contributed by atoms with Crippen LogP contribution in [0, 0.1) is 6.92 Å². The maximum atomic E-state index is 12.5. The summed E-state index contributed by atoms with van der Waals surface area (Å²) in [7, 11) is 1.55. The smallest absolute Gasteiger partial charge is 0.375 e. The van der Waals surface area contributed by atoms with E-state index >= 15 is 0 Å². The van der Waals surface area contributed by atoms with Gasteiger partial charge in [-0.05, 0) is 56.3 Å². The summed E-state index contributed by atoms with van der Waals surface area (Å²) in [6, 6.07) is 11.2. The Balaban J connectivity index is 1.69. The summed E-state index contributed by atoms with van der Waals surface area (Å²) in [5.74, 6) is -1.18. The van der Waals surface area contributed by atoms with Crippen LogP contribution in [0.5, 0.6) is 5.75 Å². The molecule has 3 aromatic rings. The Hall–Kier alpha value is -3.81. The first kappa shape index (κ1) is 19.9. The Morgan fingerprint density at radius 2 is 1.79 bits per heavy atom. The lowest BCUT2D eigenvalue weighted by Gasteiger charge is -2.13. The number of amides is 2. The molecule has 0 unspecified atom stereocenters. The van der Waals surface area contributed by atoms with Gasteiger partial charge in [0.1, 0.15) is 11.3 Å². The van der Waals surface area contributed by atoms with Crippen LogP contribution in [0.25, 0.3) is 11.0 Å². The molecule has 0 aliphatic rings. The SMILES string of the molecule is COc1ccc2oc(C(=O)O[C@H](C)C(=O)Nc3ccc(C(N)=O)cc3)c(C)c2c1. The third-order valence-electron chi connectivity index (χ3n) is 4.42. The largest absolute Gasteiger partial charge is 0.497 e. The fraction of sp³-hybridized carbons (Fsp3) is 0.190. The number of primary amides is 1. The van der Waals surface area contributed by atoms with Gasteiger partial charge in [-0.3, -0.25) is 9.59 Å². The zero-order chi connectivity index (χ0) is 21.1. The summed E-state index contributed by atoms with van der Waals surface area (Å²) in [6.07, 6.45) is -1.07. The van der Waals surface area contributed by atoms with E-state index in [0.29, 0.717) is 28.1 Å². The fourth-order valence-corrected chi connectivity index (χ4v) is 2.75. The van der Waals surface area contributed by atoms with Crippen LogP contribution in [0.2, 0.25) is 0 Å². The quantitative estimate of drug-likeness (QED) is 0.618. The Morgan fingerprint density at radius 3 is 2.41 bits per heavy atom. The molecule has 2 aromatic carbocycles. The molecule has 1 heterocycles. The van der Waals surface area contributed by atoms with Crippen LogP contribution in [-0.4, -0.2) is 31.0 Å². The van der Waals surface area contributed by atoms with E-state index < -0.39 is 23.9 Å². The number of rotatable bonds is 6. The van der Waals surface area contributed by atoms with Crippen LogP contribution in [0.15, 0.2) is 46.9 Å². The Kier molecular flexibility index (Phi) is 5.54. The van der Waals surface area contributed by atoms with E-state index in [9.17, 15) is 14.4 Å². The van der Waals surface area contributed by atoms with Crippen molar-refractivity contribution in [3.05, 3.63) is 59.4 Å². The number of nitrogens with one attached hydrogen (secondary N) is 1. The lowest BCUT2D eigenvalue weighted by atomic mass is 10.1. The molecule has 0 aliphatic heterocycles. The minimum absolute atomic E-state index is 0.0266. The van der Waals surface area contributed by atoms with Crippen molar-refractivity contribution in [2.24, 2.45) is 5.73 Å². The molecule has 1 aromatic heterocycles. The molecule has 2 amide bonds. The summed E-state index contributed by atoms with van der Waals surface area (Å²) < 4.78 is 16.0. The van der Waals surface area contributed by atoms with Crippen molar-refractivity contribution in [1.29, 1.82) is 0 Å². The molecule has 0 saturated carbocycles. The summed E-state index contributed by atoms with van der Waals surface area (Å²) in [5.41, 5.74) is 7.05. The zero-order valence-corrected chi connectivity index (χ0v) is 16.1. The molecule has 3 rings (SSSR count). The maximum Gasteiger partial charge on any atom is 0.375 e. The molecular formula is C21H20N2O6. The molecule has 0 spiro atoms. The van der Waals surface area contributed by atoms with Crippen molar-refractivity contribution in [3.8, 4) is 5.75 Å². The van der Waals surface area contributed by atoms with E-state index in [-0.39, 0.29) is 5.76 Å². The second-order valence-electron chi connectivity index (χ2n) is 6.40. The maximum absolute atomic E-state index is 12.5. The number of methoxy groups -OCH3 is 1. The number of hydrogen-bond acceptors (Lipinski definition) is 6. The molecule has 0 saturated heterocycles. The van der Waals surface area contributed by atoms with Crippen molar-refractivity contribution in [2.45, 2.75) is 20.0 Å². The van der Waals surface area contributed by atoms with Crippen LogP contribution in [0.4, 0.5) is 5.69 Å². The number of furan rings is 1. The van der Waals surface area contributed by atoms with Gasteiger partial charge in [0, 0.05) is 22.2 Å². The van der Waals surface area contributed by atoms with Gasteiger partial charge in [-0.25, -0.2) is 4.79 Å². The van der Waals surface area contributed by atoms with Crippen LogP contribution < -0.4 is 15.8 Å². The topological polar surface area (TPSA) is 121 Å². The van der Waals surface area contributed by atoms with E-state index in [2.05, 4.69) is 5.32 Å². The third kappa shape index (κ3) is 4.21. The molecule has 0 fully saturated rings. The van der Waals surface area contributed by atoms with E-state index in [4.69, 9.17) is 19.6 Å². The van der Waals surface area contributed by atoms with Gasteiger partial charge in [0.15, 0.2) is 6.10 Å². The van der Waals surface area contributed by atoms with Gasteiger partial charge in [-0.1, -0.05) is 0 Å². The molecule has 8 heteroatoms. The van der Waals surface area contributed by atoms with Gasteiger partial charge in [-0.15, -0.1) is 0 Å². The van der Waals surface area contributed by atoms with Crippen molar-refractivity contribution < 1.29 is 28.3 Å². The highest BCUT2D eigenvalue weighted by atomic mass is 16.6. The zero-order valence-electron chi connectivity index (χ0n) is 16.1. The van der Waals surface area contributed by atoms with Gasteiger partial charge in [0.25, 0.3) is 5.91 Å². The van der Waals surface area contributed by atoms with E-state index in [1.54, 1.807) is 32.2 Å². The molecule has 0 aliphatic carbocycles. The number of hydrogen-bond donors (Lipinski definition) is 2. The number of nitrogens with two attached hydrogens (primary N) is 1. The monoisotopic (exact) mass is 396 g/mol. The second-order valence-corrected chi connectivity index (χ2v) is 6.40. The van der Waals surface area contributed by atoms with Crippen LogP contribution >= 0.6 is 0 Å². The molecule has 29 heavy (non-hydrogen) atoms. The molecule has 0 bridgehead atoms. The first-order chi connectivity index (χ1) is 13.8. The molecule has 150 valence electrons. The number of aryl methyl sites for hydroxylation is 1. The Bertz CT molecular complexity index is 1080. The number of anilines is 1. The summed E-state index contributed by atoms with van der Waals surface area (Å²) >= 11 is 0. The van der Waals surface area contributed by atoms with Crippen LogP contribution in [0.3, 0.4) is 0 Å². The Morgan fingerprint density at radius 1 is 1.10 bits per heavy atom. The van der Waals surface area contributed by atoms with Crippen molar-refractivity contribution >= 4 is 34.4 Å². The highest BCUT2D eigenvalue weighted by Crippen LogP contribution is 2.29. The number of benzene rings is 2. The van der Waals surface area contributed by atoms with Crippen LogP contribution in [-0.2, 0) is 9.53 Å². The standard InChI is InChI=1S/C21H20N2O6/c1-11-16-10-15(27-3)8-9-17(16)29-18(11)21(26)28-12(2)20(25)23-14-6-4-13(5-7-14)19(22)24/h4-10,12H,1-3H3,(H2,22,24)(H,23,25)/t12-/m1/s1. The number of fused-ring (bicyclic) bond motifs is 1. The first-order valence-electron chi connectivity index (χ1n) is 8.79. The Labute approximate surface area is 166 Å². The minimum Gasteiger partial charge on any atom is -0.497 e. The lowest BCUT2D eigenvalue weighted by molar-refractivity contribution is -0.123. The number of ether oxygens (including phenoxy) is 2. The second kappa shape index (κ2) is 8.05. The molecule has 0 radical (unpaired) electrons. The predicted molar refractivity (Wildman–Crippen MR) is 106 cm³/mol. The van der Waals surface area contributed by atoms with E-state index in [1.165, 1.54) is 31.2 Å². The van der Waals surface area contributed by atoms with Gasteiger partial charge in [0.05, 0.1) is 7.11 Å². The first-order valence-corrected chi connectivity index (χ1v) is 8.79. The highest BCUT2D eigenvalue weighted by Gasteiger charge is 2.24. The predicted octanol–water partition coefficient (Wildman–Crippen LogP) is 3.03. The number of carbonyl (C=O) groups is 3. The molecule has 1 atom stereocenters. The normalized spacial score (nSPS) is 11.7. The highest BCUT2D eigenvalue weighted by molar-refractivity contribution is 6.00. The molecule has 8 nitrogen and oxygen atoms in total. The average Bonchev–Trinajstić information content (AvgIpc) is 3.04. The average molecular weight is 396 g/mol. The number of carbonyl (C=O) groups excluding carboxylic acids is 3. The van der Waals surface area contributed by atoms with Gasteiger partial charge in [0.2, 0.25) is 11.7 Å². The van der Waals surface area contributed by atoms with Crippen molar-refractivity contribution in [2.75, 3.05) is 12.4 Å². The molecular weight excluding hydrogens is 376 g/mol. The van der Waals surface area contributed by atoms with Gasteiger partial charge < -0.3 is 24.9 Å². The third-order valence-corrected chi connectivity index (χ3v) is 4.42. The summed E-state index contributed by atoms with van der Waals surface area (Å²) in [6.45, 7) is 3.18. The van der Waals surface area contributed by atoms with Crippen molar-refractivity contribution in [3.63, 3.8) is 0 Å². The van der Waals surface area contributed by atoms with E-state index in [0.717, 1.165) is 5.39 Å². The van der Waals surface area contributed by atoms with Crippen LogP contribution in [0.1, 0.15) is 33.4 Å². The fourth-order valence-electron chi connectivity index (χ4n) is 2.75. The molecule has 3 N–H and O–H groups in total. The van der Waals surface area contributed by atoms with Gasteiger partial charge in [-0.2, -0.15) is 0 Å².